The van der Waals surface area contributed by atoms with Crippen molar-refractivity contribution in [2.75, 3.05) is 12.3 Å². The highest BCUT2D eigenvalue weighted by Crippen LogP contribution is 2.50. The van der Waals surface area contributed by atoms with Gasteiger partial charge in [-0.1, -0.05) is 24.3 Å². The van der Waals surface area contributed by atoms with Crippen LogP contribution in [0.5, 0.6) is 5.75 Å². The molecule has 1 aliphatic heterocycles. The molecule has 1 saturated carbocycles. The van der Waals surface area contributed by atoms with Crippen molar-refractivity contribution in [3.05, 3.63) is 59.2 Å². The lowest BCUT2D eigenvalue weighted by atomic mass is 9.74. The Morgan fingerprint density at radius 1 is 1.22 bits per heavy atom. The van der Waals surface area contributed by atoms with Gasteiger partial charge in [0.1, 0.15) is 34.7 Å². The van der Waals surface area contributed by atoms with E-state index in [4.69, 9.17) is 10.5 Å². The number of phenolic OH excluding ortho intramolecular Hbond substituents is 1. The van der Waals surface area contributed by atoms with Gasteiger partial charge in [0.05, 0.1) is 12.1 Å². The Bertz CT molecular complexity index is 1190. The summed E-state index contributed by atoms with van der Waals surface area (Å²) >= 11 is 0. The summed E-state index contributed by atoms with van der Waals surface area (Å²) in [6.45, 7) is 5.25. The van der Waals surface area contributed by atoms with E-state index < -0.39 is 47.5 Å². The summed E-state index contributed by atoms with van der Waals surface area (Å²) < 4.78 is 5.20. The Morgan fingerprint density at radius 2 is 1.86 bits per heavy atom. The second kappa shape index (κ2) is 10.0. The number of urea groups is 1. The Labute approximate surface area is 214 Å². The zero-order valence-corrected chi connectivity index (χ0v) is 21.1. The molecule has 200 valence electrons. The SMILES string of the molecule is CC(=O)c1cccc(N)c1.Cc1cccc(O)c1C(=O)OC[C@@]1(O)C[C@@H]2NC(=O)N[C@]2([C@@H](C)O)[C@@]1(C)O. The number of nitrogen functional groups attached to an aromatic ring is 1. The maximum Gasteiger partial charge on any atom is 0.342 e. The topological polar surface area (TPSA) is 191 Å². The molecule has 2 aromatic carbocycles. The first kappa shape index (κ1) is 27.9. The van der Waals surface area contributed by atoms with Gasteiger partial charge >= 0.3 is 12.0 Å². The first-order chi connectivity index (χ1) is 17.2. The van der Waals surface area contributed by atoms with Gasteiger partial charge in [0, 0.05) is 17.7 Å². The van der Waals surface area contributed by atoms with Crippen molar-refractivity contribution in [1.29, 1.82) is 0 Å². The maximum atomic E-state index is 12.4. The monoisotopic (exact) mass is 515 g/mol. The summed E-state index contributed by atoms with van der Waals surface area (Å²) in [6.07, 6.45) is -1.34. The van der Waals surface area contributed by atoms with Gasteiger partial charge in [-0.3, -0.25) is 4.79 Å². The molecule has 4 rings (SSSR count). The van der Waals surface area contributed by atoms with E-state index in [0.29, 0.717) is 16.8 Å². The standard InChI is InChI=1S/C18H24N2O7.C8H9NO/c1-9-5-4-6-11(22)13(9)14(23)27-8-17(26)7-12-18(10(2)21,16(17,3)25)20-15(24)19-12;1-6(10)7-3-2-4-8(9)5-7/h4-6,10,12,21-22,25-26H,7-8H2,1-3H3,(H2,19,20,24);2-5H,9H2,1H3/t10-,12+,16+,17+,18+;/m1./s1. The predicted octanol–water partition coefficient (Wildman–Crippen LogP) is 1.02. The van der Waals surface area contributed by atoms with Crippen LogP contribution in [0, 0.1) is 6.92 Å². The largest absolute Gasteiger partial charge is 0.507 e. The number of aromatic hydroxyl groups is 1. The van der Waals surface area contributed by atoms with E-state index in [2.05, 4.69) is 10.6 Å². The van der Waals surface area contributed by atoms with Crippen LogP contribution in [0.15, 0.2) is 42.5 Å². The van der Waals surface area contributed by atoms with Crippen LogP contribution < -0.4 is 16.4 Å². The molecule has 0 bridgehead atoms. The number of benzene rings is 2. The number of phenols is 1. The Balaban J connectivity index is 0.000000319. The number of aliphatic hydroxyl groups is 3. The molecular weight excluding hydrogens is 482 g/mol. The summed E-state index contributed by atoms with van der Waals surface area (Å²) in [5.74, 6) is -1.06. The molecule has 2 amide bonds. The fourth-order valence-corrected chi connectivity index (χ4v) is 5.11. The number of rotatable bonds is 5. The van der Waals surface area contributed by atoms with Gasteiger partial charge in [0.2, 0.25) is 0 Å². The highest BCUT2D eigenvalue weighted by Gasteiger charge is 2.74. The van der Waals surface area contributed by atoms with Crippen molar-refractivity contribution < 1.29 is 39.5 Å². The third-order valence-electron chi connectivity index (χ3n) is 7.28. The number of carbonyl (C=O) groups excluding carboxylic acids is 3. The average Bonchev–Trinajstić information content (AvgIpc) is 3.22. The van der Waals surface area contributed by atoms with Crippen LogP contribution in [0.25, 0.3) is 0 Å². The van der Waals surface area contributed by atoms with Gasteiger partial charge in [-0.25, -0.2) is 9.59 Å². The molecule has 0 spiro atoms. The molecule has 2 aromatic rings. The van der Waals surface area contributed by atoms with E-state index in [0.717, 1.165) is 0 Å². The zero-order chi connectivity index (χ0) is 27.8. The number of nitrogens with two attached hydrogens (primary N) is 1. The van der Waals surface area contributed by atoms with Crippen molar-refractivity contribution in [2.45, 2.75) is 63.0 Å². The first-order valence-corrected chi connectivity index (χ1v) is 11.7. The van der Waals surface area contributed by atoms with Crippen LogP contribution in [0.2, 0.25) is 0 Å². The van der Waals surface area contributed by atoms with E-state index >= 15 is 0 Å². The molecule has 2 fully saturated rings. The highest BCUT2D eigenvalue weighted by molar-refractivity contribution is 5.95. The van der Waals surface area contributed by atoms with Crippen LogP contribution in [0.4, 0.5) is 10.5 Å². The van der Waals surface area contributed by atoms with E-state index in [1.54, 1.807) is 43.3 Å². The third-order valence-corrected chi connectivity index (χ3v) is 7.28. The number of amides is 2. The third kappa shape index (κ3) is 4.85. The summed E-state index contributed by atoms with van der Waals surface area (Å²) in [5.41, 5.74) is 1.71. The number of fused-ring (bicyclic) bond motifs is 1. The molecule has 0 radical (unpaired) electrons. The van der Waals surface area contributed by atoms with E-state index in [1.165, 1.54) is 26.8 Å². The zero-order valence-electron chi connectivity index (χ0n) is 21.1. The van der Waals surface area contributed by atoms with Crippen LogP contribution in [-0.2, 0) is 4.74 Å². The summed E-state index contributed by atoms with van der Waals surface area (Å²) in [5, 5.41) is 47.4. The molecule has 11 heteroatoms. The molecule has 1 aliphatic carbocycles. The number of ether oxygens (including phenoxy) is 1. The van der Waals surface area contributed by atoms with E-state index in [1.807, 2.05) is 0 Å². The number of nitrogens with one attached hydrogen (secondary N) is 2. The van der Waals surface area contributed by atoms with Gasteiger partial charge < -0.3 is 41.5 Å². The van der Waals surface area contributed by atoms with Gasteiger partial charge in [-0.05, 0) is 51.5 Å². The summed E-state index contributed by atoms with van der Waals surface area (Å²) in [6, 6.07) is 10.2. The van der Waals surface area contributed by atoms with Crippen LogP contribution >= 0.6 is 0 Å². The lowest BCUT2D eigenvalue weighted by Crippen LogP contribution is -2.72. The molecule has 11 nitrogen and oxygen atoms in total. The number of Topliss-reactive ketones (excluding diaryl/α,β-unsaturated/α-hetero) is 1. The van der Waals surface area contributed by atoms with Crippen LogP contribution in [-0.4, -0.2) is 73.7 Å². The number of esters is 1. The number of hydrogen-bond acceptors (Lipinski definition) is 9. The van der Waals surface area contributed by atoms with Gasteiger partial charge in [-0.15, -0.1) is 0 Å². The minimum atomic E-state index is -2.01. The van der Waals surface area contributed by atoms with Crippen molar-refractivity contribution in [1.82, 2.24) is 10.6 Å². The molecule has 5 atom stereocenters. The number of ketones is 1. The number of hydrogen-bond donors (Lipinski definition) is 7. The Kier molecular flexibility index (Phi) is 7.54. The molecule has 1 heterocycles. The maximum absolute atomic E-state index is 12.4. The Morgan fingerprint density at radius 3 is 2.38 bits per heavy atom. The Hall–Kier alpha value is -3.67. The smallest absolute Gasteiger partial charge is 0.342 e. The van der Waals surface area contributed by atoms with Gasteiger partial charge in [0.25, 0.3) is 0 Å². The predicted molar refractivity (Wildman–Crippen MR) is 134 cm³/mol. The van der Waals surface area contributed by atoms with E-state index in [-0.39, 0.29) is 23.5 Å². The van der Waals surface area contributed by atoms with Crippen LogP contribution in [0.1, 0.15) is 53.5 Å². The normalized spacial score (nSPS) is 28.7. The molecular formula is C26H33N3O8. The second-order valence-electron chi connectivity index (χ2n) is 9.73. The number of aryl methyl sites for hydroxylation is 1. The van der Waals surface area contributed by atoms with Crippen molar-refractivity contribution in [2.24, 2.45) is 0 Å². The van der Waals surface area contributed by atoms with Crippen molar-refractivity contribution in [3.8, 4) is 5.75 Å². The highest BCUT2D eigenvalue weighted by atomic mass is 16.5. The summed E-state index contributed by atoms with van der Waals surface area (Å²) in [4.78, 5) is 34.9. The van der Waals surface area contributed by atoms with Gasteiger partial charge in [-0.2, -0.15) is 0 Å². The average molecular weight is 516 g/mol. The lowest BCUT2D eigenvalue weighted by Gasteiger charge is -2.46. The molecule has 1 saturated heterocycles. The molecule has 0 aromatic heterocycles. The molecule has 37 heavy (non-hydrogen) atoms. The molecule has 8 N–H and O–H groups in total. The van der Waals surface area contributed by atoms with Crippen LogP contribution in [0.3, 0.4) is 0 Å². The molecule has 0 unspecified atom stereocenters. The number of carbonyl (C=O) groups is 3. The van der Waals surface area contributed by atoms with Crippen molar-refractivity contribution in [3.63, 3.8) is 0 Å². The van der Waals surface area contributed by atoms with Gasteiger partial charge in [0.15, 0.2) is 5.78 Å². The fourth-order valence-electron chi connectivity index (χ4n) is 5.11. The second-order valence-corrected chi connectivity index (χ2v) is 9.73. The summed E-state index contributed by atoms with van der Waals surface area (Å²) in [7, 11) is 0. The number of aliphatic hydroxyl groups excluding tert-OH is 1. The minimum absolute atomic E-state index is 0.0319. The molecule has 2 aliphatic rings. The van der Waals surface area contributed by atoms with Crippen molar-refractivity contribution >= 4 is 23.5 Å². The quantitative estimate of drug-likeness (QED) is 0.173. The fraction of sp³-hybridized carbons (Fsp3) is 0.423. The minimum Gasteiger partial charge on any atom is -0.507 e. The lowest BCUT2D eigenvalue weighted by molar-refractivity contribution is -0.182. The first-order valence-electron chi connectivity index (χ1n) is 11.7. The number of anilines is 1. The van der Waals surface area contributed by atoms with E-state index in [9.17, 15) is 34.8 Å².